The standard InChI is InChI=1S/C7H14N2O/c1-5-2-6(7(8)10)4-9-3-5/h5-6,9H,2-4H2,1H3,(H2,8,10)/t5-,6?/m0/s1. The number of piperidine rings is 1. The van der Waals surface area contributed by atoms with Crippen LogP contribution in [0.4, 0.5) is 0 Å². The number of hydrogen-bond donors (Lipinski definition) is 2. The molecule has 0 radical (unpaired) electrons. The van der Waals surface area contributed by atoms with E-state index in [1.807, 2.05) is 0 Å². The Morgan fingerprint density at radius 1 is 1.60 bits per heavy atom. The molecule has 3 heteroatoms. The summed E-state index contributed by atoms with van der Waals surface area (Å²) in [6.45, 7) is 3.91. The Kier molecular flexibility index (Phi) is 2.27. The minimum Gasteiger partial charge on any atom is -0.369 e. The summed E-state index contributed by atoms with van der Waals surface area (Å²) < 4.78 is 0. The van der Waals surface area contributed by atoms with E-state index in [0.29, 0.717) is 5.92 Å². The second-order valence-corrected chi connectivity index (χ2v) is 3.10. The van der Waals surface area contributed by atoms with Gasteiger partial charge in [-0.25, -0.2) is 0 Å². The fourth-order valence-corrected chi connectivity index (χ4v) is 1.37. The zero-order valence-corrected chi connectivity index (χ0v) is 6.26. The Hall–Kier alpha value is -0.570. The first-order chi connectivity index (χ1) is 4.70. The Bertz CT molecular complexity index is 136. The lowest BCUT2D eigenvalue weighted by Crippen LogP contribution is -2.41. The molecule has 0 aromatic heterocycles. The van der Waals surface area contributed by atoms with Crippen LogP contribution in [-0.4, -0.2) is 19.0 Å². The van der Waals surface area contributed by atoms with Gasteiger partial charge in [-0.1, -0.05) is 6.92 Å². The zero-order chi connectivity index (χ0) is 7.56. The van der Waals surface area contributed by atoms with E-state index in [1.54, 1.807) is 0 Å². The van der Waals surface area contributed by atoms with Crippen LogP contribution in [0.25, 0.3) is 0 Å². The zero-order valence-electron chi connectivity index (χ0n) is 6.26. The van der Waals surface area contributed by atoms with E-state index in [1.165, 1.54) is 0 Å². The van der Waals surface area contributed by atoms with Crippen LogP contribution in [0.5, 0.6) is 0 Å². The van der Waals surface area contributed by atoms with Crippen molar-refractivity contribution in [3.8, 4) is 0 Å². The van der Waals surface area contributed by atoms with Gasteiger partial charge in [0.05, 0.1) is 5.92 Å². The third-order valence-corrected chi connectivity index (χ3v) is 1.97. The van der Waals surface area contributed by atoms with E-state index < -0.39 is 0 Å². The van der Waals surface area contributed by atoms with Gasteiger partial charge < -0.3 is 11.1 Å². The quantitative estimate of drug-likeness (QED) is 0.529. The molecule has 1 unspecified atom stereocenters. The largest absolute Gasteiger partial charge is 0.369 e. The summed E-state index contributed by atoms with van der Waals surface area (Å²) in [7, 11) is 0. The Morgan fingerprint density at radius 2 is 2.30 bits per heavy atom. The van der Waals surface area contributed by atoms with E-state index in [4.69, 9.17) is 5.73 Å². The summed E-state index contributed by atoms with van der Waals surface area (Å²) in [4.78, 5) is 10.7. The van der Waals surface area contributed by atoms with Crippen LogP contribution in [0, 0.1) is 11.8 Å². The Balaban J connectivity index is 2.39. The highest BCUT2D eigenvalue weighted by atomic mass is 16.1. The molecular formula is C7H14N2O. The van der Waals surface area contributed by atoms with Crippen molar-refractivity contribution in [3.63, 3.8) is 0 Å². The fourth-order valence-electron chi connectivity index (χ4n) is 1.37. The van der Waals surface area contributed by atoms with Crippen molar-refractivity contribution in [2.75, 3.05) is 13.1 Å². The normalized spacial score (nSPS) is 33.7. The Labute approximate surface area is 61.0 Å². The first-order valence-corrected chi connectivity index (χ1v) is 3.70. The summed E-state index contributed by atoms with van der Waals surface area (Å²) in [6.07, 6.45) is 0.947. The van der Waals surface area contributed by atoms with E-state index in [0.717, 1.165) is 19.5 Å². The van der Waals surface area contributed by atoms with E-state index >= 15 is 0 Å². The molecule has 10 heavy (non-hydrogen) atoms. The molecule has 1 heterocycles. The maximum atomic E-state index is 10.7. The van der Waals surface area contributed by atoms with Gasteiger partial charge in [0.15, 0.2) is 0 Å². The maximum absolute atomic E-state index is 10.7. The molecule has 1 aliphatic heterocycles. The Morgan fingerprint density at radius 3 is 2.70 bits per heavy atom. The highest BCUT2D eigenvalue weighted by molar-refractivity contribution is 5.76. The number of hydrogen-bond acceptors (Lipinski definition) is 2. The summed E-state index contributed by atoms with van der Waals surface area (Å²) in [5.41, 5.74) is 5.15. The van der Waals surface area contributed by atoms with Crippen LogP contribution in [0.15, 0.2) is 0 Å². The first kappa shape index (κ1) is 7.54. The van der Waals surface area contributed by atoms with Gasteiger partial charge in [-0.15, -0.1) is 0 Å². The van der Waals surface area contributed by atoms with Gasteiger partial charge in [-0.05, 0) is 18.9 Å². The van der Waals surface area contributed by atoms with Crippen LogP contribution in [-0.2, 0) is 4.79 Å². The van der Waals surface area contributed by atoms with Crippen molar-refractivity contribution in [2.45, 2.75) is 13.3 Å². The van der Waals surface area contributed by atoms with Gasteiger partial charge in [0.25, 0.3) is 0 Å². The highest BCUT2D eigenvalue weighted by Gasteiger charge is 2.22. The van der Waals surface area contributed by atoms with Crippen molar-refractivity contribution in [1.82, 2.24) is 5.32 Å². The molecular weight excluding hydrogens is 128 g/mol. The second-order valence-electron chi connectivity index (χ2n) is 3.10. The molecule has 0 aromatic carbocycles. The number of nitrogens with two attached hydrogens (primary N) is 1. The van der Waals surface area contributed by atoms with Crippen LogP contribution in [0.2, 0.25) is 0 Å². The summed E-state index contributed by atoms with van der Waals surface area (Å²) in [6, 6.07) is 0. The van der Waals surface area contributed by atoms with Crippen molar-refractivity contribution in [2.24, 2.45) is 17.6 Å². The molecule has 1 fully saturated rings. The minimum atomic E-state index is -0.168. The van der Waals surface area contributed by atoms with Gasteiger partial charge in [0, 0.05) is 6.54 Å². The van der Waals surface area contributed by atoms with Crippen molar-refractivity contribution in [1.29, 1.82) is 0 Å². The average Bonchev–Trinajstić information content (AvgIpc) is 1.88. The molecule has 0 spiro atoms. The number of amides is 1. The molecule has 58 valence electrons. The van der Waals surface area contributed by atoms with Crippen LogP contribution >= 0.6 is 0 Å². The average molecular weight is 142 g/mol. The number of primary amides is 1. The third kappa shape index (κ3) is 1.70. The van der Waals surface area contributed by atoms with E-state index in [9.17, 15) is 4.79 Å². The molecule has 3 N–H and O–H groups in total. The lowest BCUT2D eigenvalue weighted by molar-refractivity contribution is -0.122. The van der Waals surface area contributed by atoms with Gasteiger partial charge >= 0.3 is 0 Å². The van der Waals surface area contributed by atoms with Gasteiger partial charge in [0.1, 0.15) is 0 Å². The van der Waals surface area contributed by atoms with Crippen molar-refractivity contribution in [3.05, 3.63) is 0 Å². The predicted molar refractivity (Wildman–Crippen MR) is 39.3 cm³/mol. The molecule has 0 saturated carbocycles. The molecule has 1 rings (SSSR count). The van der Waals surface area contributed by atoms with Gasteiger partial charge in [0.2, 0.25) is 5.91 Å². The SMILES string of the molecule is C[C@@H]1CNCC(C(N)=O)C1. The monoisotopic (exact) mass is 142 g/mol. The molecule has 2 atom stereocenters. The fraction of sp³-hybridized carbons (Fsp3) is 0.857. The van der Waals surface area contributed by atoms with Gasteiger partial charge in [-0.3, -0.25) is 4.79 Å². The summed E-state index contributed by atoms with van der Waals surface area (Å²) >= 11 is 0. The maximum Gasteiger partial charge on any atom is 0.221 e. The predicted octanol–water partition coefficient (Wildman–Crippen LogP) is -0.283. The molecule has 3 nitrogen and oxygen atoms in total. The number of carbonyl (C=O) groups excluding carboxylic acids is 1. The molecule has 0 aliphatic carbocycles. The van der Waals surface area contributed by atoms with Crippen LogP contribution in [0.1, 0.15) is 13.3 Å². The molecule has 0 bridgehead atoms. The number of rotatable bonds is 1. The van der Waals surface area contributed by atoms with Crippen LogP contribution in [0.3, 0.4) is 0 Å². The minimum absolute atomic E-state index is 0.0590. The smallest absolute Gasteiger partial charge is 0.221 e. The number of carbonyl (C=O) groups is 1. The molecule has 1 saturated heterocycles. The summed E-state index contributed by atoms with van der Waals surface area (Å²) in [5.74, 6) is 0.481. The lowest BCUT2D eigenvalue weighted by Gasteiger charge is -2.25. The molecule has 1 amide bonds. The number of nitrogens with one attached hydrogen (secondary N) is 1. The van der Waals surface area contributed by atoms with Crippen LogP contribution < -0.4 is 11.1 Å². The lowest BCUT2D eigenvalue weighted by atomic mass is 9.91. The third-order valence-electron chi connectivity index (χ3n) is 1.97. The van der Waals surface area contributed by atoms with E-state index in [2.05, 4.69) is 12.2 Å². The van der Waals surface area contributed by atoms with Gasteiger partial charge in [-0.2, -0.15) is 0 Å². The first-order valence-electron chi connectivity index (χ1n) is 3.70. The second kappa shape index (κ2) is 3.01. The van der Waals surface area contributed by atoms with E-state index in [-0.39, 0.29) is 11.8 Å². The highest BCUT2D eigenvalue weighted by Crippen LogP contribution is 2.14. The summed E-state index contributed by atoms with van der Waals surface area (Å²) in [5, 5.41) is 3.17. The molecule has 0 aromatic rings. The topological polar surface area (TPSA) is 55.1 Å². The molecule has 1 aliphatic rings. The van der Waals surface area contributed by atoms with Crippen molar-refractivity contribution < 1.29 is 4.79 Å². The van der Waals surface area contributed by atoms with Crippen molar-refractivity contribution >= 4 is 5.91 Å².